The Morgan fingerprint density at radius 3 is 3.33 bits per heavy atom. The van der Waals surface area contributed by atoms with E-state index >= 15 is 0 Å². The number of nitrogens with zero attached hydrogens (tertiary/aromatic N) is 2. The minimum absolute atomic E-state index is 0.775. The zero-order valence-corrected chi connectivity index (χ0v) is 4.57. The highest BCUT2D eigenvalue weighted by atomic mass is 16.5. The second kappa shape index (κ2) is 1.28. The van der Waals surface area contributed by atoms with E-state index in [-0.39, 0.29) is 0 Å². The zero-order chi connectivity index (χ0) is 6.27. The van der Waals surface area contributed by atoms with Crippen LogP contribution in [0.25, 0.3) is 11.0 Å². The van der Waals surface area contributed by atoms with Crippen molar-refractivity contribution in [2.24, 2.45) is 0 Å². The Labute approximate surface area is 50.7 Å². The van der Waals surface area contributed by atoms with Crippen LogP contribution in [-0.4, -0.2) is 20.1 Å². The van der Waals surface area contributed by atoms with E-state index in [1.807, 2.05) is 0 Å². The Morgan fingerprint density at radius 2 is 2.56 bits per heavy atom. The Kier molecular flexibility index (Phi) is 0.631. The van der Waals surface area contributed by atoms with E-state index in [4.69, 9.17) is 5.21 Å². The van der Waals surface area contributed by atoms with Crippen molar-refractivity contribution in [1.29, 1.82) is 0 Å². The minimum atomic E-state index is 0.775. The summed E-state index contributed by atoms with van der Waals surface area (Å²) in [6.07, 6.45) is 3.28. The molecule has 2 heterocycles. The molecule has 4 nitrogen and oxygen atoms in total. The zero-order valence-electron chi connectivity index (χ0n) is 4.57. The summed E-state index contributed by atoms with van der Waals surface area (Å²) in [6.45, 7) is 0. The molecule has 9 heavy (non-hydrogen) atoms. The van der Waals surface area contributed by atoms with Gasteiger partial charge in [0, 0.05) is 6.20 Å². The van der Waals surface area contributed by atoms with Gasteiger partial charge in [-0.1, -0.05) is 0 Å². The fourth-order valence-corrected chi connectivity index (χ4v) is 0.819. The van der Waals surface area contributed by atoms with Gasteiger partial charge in [-0.05, 0) is 6.07 Å². The summed E-state index contributed by atoms with van der Waals surface area (Å²) >= 11 is 0. The number of fused-ring (bicyclic) bond motifs is 1. The Morgan fingerprint density at radius 1 is 1.67 bits per heavy atom. The van der Waals surface area contributed by atoms with Gasteiger partial charge < -0.3 is 10.2 Å². The predicted molar refractivity (Wildman–Crippen MR) is 31.3 cm³/mol. The highest BCUT2D eigenvalue weighted by Gasteiger charge is 1.96. The third-order valence-electron chi connectivity index (χ3n) is 1.21. The standard InChI is InChI=1S/C5H5N3O/c9-8-3-5-4(7-8)1-2-6-5/h1-3,6,9H. The number of hydrogen-bond acceptors (Lipinski definition) is 2. The third kappa shape index (κ3) is 0.495. The van der Waals surface area contributed by atoms with Crippen LogP contribution in [-0.2, 0) is 0 Å². The van der Waals surface area contributed by atoms with Crippen molar-refractivity contribution in [3.63, 3.8) is 0 Å². The van der Waals surface area contributed by atoms with Crippen LogP contribution in [0.15, 0.2) is 18.5 Å². The van der Waals surface area contributed by atoms with E-state index < -0.39 is 0 Å². The van der Waals surface area contributed by atoms with E-state index in [2.05, 4.69) is 10.1 Å². The number of nitrogens with one attached hydrogen (secondary N) is 1. The summed E-state index contributed by atoms with van der Waals surface area (Å²) in [6, 6.07) is 1.79. The van der Waals surface area contributed by atoms with Gasteiger partial charge in [-0.15, -0.1) is 9.94 Å². The lowest BCUT2D eigenvalue weighted by Gasteiger charge is -1.78. The average Bonchev–Trinajstić information content (AvgIpc) is 2.22. The topological polar surface area (TPSA) is 53.8 Å². The molecule has 0 aromatic carbocycles. The molecule has 0 spiro atoms. The van der Waals surface area contributed by atoms with Crippen molar-refractivity contribution in [2.75, 3.05) is 0 Å². The van der Waals surface area contributed by atoms with E-state index in [1.54, 1.807) is 12.3 Å². The van der Waals surface area contributed by atoms with Crippen molar-refractivity contribution in [1.82, 2.24) is 14.9 Å². The molecule has 4 heteroatoms. The number of rotatable bonds is 0. The number of H-pyrrole nitrogens is 1. The molecule has 0 fully saturated rings. The van der Waals surface area contributed by atoms with Crippen LogP contribution >= 0.6 is 0 Å². The molecular formula is C5H5N3O. The molecule has 0 amide bonds. The van der Waals surface area contributed by atoms with Crippen molar-refractivity contribution in [2.45, 2.75) is 0 Å². The molecule has 0 radical (unpaired) electrons. The molecule has 0 bridgehead atoms. The summed E-state index contributed by atoms with van der Waals surface area (Å²) in [5.74, 6) is 0. The first kappa shape index (κ1) is 4.43. The second-order valence-corrected chi connectivity index (χ2v) is 1.83. The monoisotopic (exact) mass is 123 g/mol. The molecule has 0 unspecified atom stereocenters. The van der Waals surface area contributed by atoms with Gasteiger partial charge in [-0.25, -0.2) is 0 Å². The maximum atomic E-state index is 8.73. The fraction of sp³-hybridized carbons (Fsp3) is 0. The Balaban J connectivity index is 2.92. The smallest absolute Gasteiger partial charge is 0.114 e. The summed E-state index contributed by atoms with van der Waals surface area (Å²) < 4.78 is 0. The first-order valence-corrected chi connectivity index (χ1v) is 2.58. The molecule has 0 saturated heterocycles. The lowest BCUT2D eigenvalue weighted by atomic mass is 10.5. The molecule has 0 aliphatic rings. The normalized spacial score (nSPS) is 10.7. The predicted octanol–water partition coefficient (Wildman–Crippen LogP) is 0.602. The van der Waals surface area contributed by atoms with E-state index in [1.165, 1.54) is 6.20 Å². The lowest BCUT2D eigenvalue weighted by Crippen LogP contribution is -1.87. The summed E-state index contributed by atoms with van der Waals surface area (Å²) in [4.78, 5) is 3.69. The maximum absolute atomic E-state index is 8.73. The van der Waals surface area contributed by atoms with Crippen LogP contribution in [0.1, 0.15) is 0 Å². The van der Waals surface area contributed by atoms with E-state index in [0.717, 1.165) is 15.9 Å². The van der Waals surface area contributed by atoms with Crippen molar-refractivity contribution in [3.8, 4) is 0 Å². The Hall–Kier alpha value is -1.45. The molecule has 0 aliphatic heterocycles. The largest absolute Gasteiger partial charge is 0.412 e. The Bertz CT molecular complexity index is 293. The number of aromatic amines is 1. The molecule has 2 aromatic rings. The second-order valence-electron chi connectivity index (χ2n) is 1.83. The first-order chi connectivity index (χ1) is 4.36. The average molecular weight is 123 g/mol. The summed E-state index contributed by atoms with van der Waals surface area (Å²) in [7, 11) is 0. The van der Waals surface area contributed by atoms with Crippen LogP contribution < -0.4 is 0 Å². The summed E-state index contributed by atoms with van der Waals surface area (Å²) in [5, 5.41) is 12.4. The first-order valence-electron chi connectivity index (χ1n) is 2.58. The van der Waals surface area contributed by atoms with E-state index in [9.17, 15) is 0 Å². The van der Waals surface area contributed by atoms with Gasteiger partial charge >= 0.3 is 0 Å². The molecule has 2 N–H and O–H groups in total. The van der Waals surface area contributed by atoms with Gasteiger partial charge in [-0.3, -0.25) is 0 Å². The molecular weight excluding hydrogens is 118 g/mol. The van der Waals surface area contributed by atoms with Gasteiger partial charge in [0.05, 0.1) is 11.7 Å². The van der Waals surface area contributed by atoms with Crippen molar-refractivity contribution in [3.05, 3.63) is 18.5 Å². The molecule has 46 valence electrons. The lowest BCUT2D eigenvalue weighted by molar-refractivity contribution is 0.151. The van der Waals surface area contributed by atoms with Crippen LogP contribution in [0.2, 0.25) is 0 Å². The maximum Gasteiger partial charge on any atom is 0.114 e. The van der Waals surface area contributed by atoms with Gasteiger partial charge in [0.15, 0.2) is 0 Å². The van der Waals surface area contributed by atoms with Gasteiger partial charge in [0.25, 0.3) is 0 Å². The quantitative estimate of drug-likeness (QED) is 0.504. The van der Waals surface area contributed by atoms with Crippen LogP contribution in [0, 0.1) is 0 Å². The van der Waals surface area contributed by atoms with Crippen LogP contribution in [0.5, 0.6) is 0 Å². The molecule has 2 aromatic heterocycles. The number of aromatic nitrogens is 3. The molecule has 2 rings (SSSR count). The molecule has 0 aliphatic carbocycles. The van der Waals surface area contributed by atoms with Gasteiger partial charge in [0.1, 0.15) is 5.52 Å². The van der Waals surface area contributed by atoms with Crippen molar-refractivity contribution < 1.29 is 5.21 Å². The molecule has 0 saturated carbocycles. The molecule has 0 atom stereocenters. The highest BCUT2D eigenvalue weighted by molar-refractivity contribution is 5.73. The number of hydrogen-bond donors (Lipinski definition) is 2. The van der Waals surface area contributed by atoms with Crippen LogP contribution in [0.4, 0.5) is 0 Å². The van der Waals surface area contributed by atoms with Gasteiger partial charge in [-0.2, -0.15) is 0 Å². The van der Waals surface area contributed by atoms with Gasteiger partial charge in [0.2, 0.25) is 0 Å². The fourth-order valence-electron chi connectivity index (χ4n) is 0.819. The highest BCUT2D eigenvalue weighted by Crippen LogP contribution is 2.06. The summed E-state index contributed by atoms with van der Waals surface area (Å²) in [5.41, 5.74) is 1.62. The van der Waals surface area contributed by atoms with E-state index in [0.29, 0.717) is 0 Å². The SMILES string of the molecule is On1cc2[nH]ccc2n1. The minimum Gasteiger partial charge on any atom is -0.412 e. The van der Waals surface area contributed by atoms with Crippen LogP contribution in [0.3, 0.4) is 0 Å². The third-order valence-corrected chi connectivity index (χ3v) is 1.21. The van der Waals surface area contributed by atoms with Crippen molar-refractivity contribution >= 4 is 11.0 Å².